The molecule has 0 aliphatic heterocycles. The number of tetrazole rings is 1. The molecule has 0 radical (unpaired) electrons. The topological polar surface area (TPSA) is 63.4 Å². The summed E-state index contributed by atoms with van der Waals surface area (Å²) < 4.78 is 1.77. The molecule has 0 atom stereocenters. The van der Waals surface area contributed by atoms with Crippen molar-refractivity contribution in [3.05, 3.63) is 93.7 Å². The lowest BCUT2D eigenvalue weighted by Gasteiger charge is -2.23. The fourth-order valence-corrected chi connectivity index (χ4v) is 4.45. The predicted molar refractivity (Wildman–Crippen MR) is 117 cm³/mol. The third-order valence-corrected chi connectivity index (χ3v) is 6.02. The molecule has 0 saturated heterocycles. The monoisotopic (exact) mass is 413 g/mol. The normalized spacial score (nSPS) is 11.2. The van der Waals surface area contributed by atoms with E-state index in [-0.39, 0.29) is 5.91 Å². The third-order valence-electron chi connectivity index (χ3n) is 5.16. The average Bonchev–Trinajstić information content (AvgIpc) is 3.46. The molecule has 0 aliphatic carbocycles. The third kappa shape index (κ3) is 3.33. The summed E-state index contributed by atoms with van der Waals surface area (Å²) in [5.74, 6) is 0.00353. The van der Waals surface area contributed by atoms with Gasteiger partial charge in [-0.25, -0.2) is 0 Å². The van der Waals surface area contributed by atoms with Crippen LogP contribution in [0.2, 0.25) is 0 Å². The van der Waals surface area contributed by atoms with E-state index in [1.165, 1.54) is 11.3 Å². The molecule has 0 aliphatic rings. The van der Waals surface area contributed by atoms with Crippen LogP contribution in [0.1, 0.15) is 26.4 Å². The minimum absolute atomic E-state index is 0.00353. The van der Waals surface area contributed by atoms with E-state index in [1.807, 2.05) is 71.8 Å². The average molecular weight is 414 g/mol. The first-order valence-corrected chi connectivity index (χ1v) is 10.5. The van der Waals surface area contributed by atoms with E-state index in [0.29, 0.717) is 18.7 Å². The highest BCUT2D eigenvalue weighted by atomic mass is 32.1. The lowest BCUT2D eigenvalue weighted by atomic mass is 10.1. The molecule has 3 aromatic heterocycles. The highest BCUT2D eigenvalue weighted by Gasteiger charge is 2.20. The van der Waals surface area contributed by atoms with Crippen LogP contribution >= 0.6 is 11.3 Å². The molecule has 0 unspecified atom stereocenters. The first kappa shape index (κ1) is 18.4. The first-order valence-electron chi connectivity index (χ1n) is 9.67. The van der Waals surface area contributed by atoms with Crippen molar-refractivity contribution >= 4 is 33.8 Å². The molecule has 6 nitrogen and oxygen atoms in total. The lowest BCUT2D eigenvalue weighted by molar-refractivity contribution is 0.0735. The van der Waals surface area contributed by atoms with Crippen molar-refractivity contribution in [2.45, 2.75) is 20.0 Å². The summed E-state index contributed by atoms with van der Waals surface area (Å²) in [7, 11) is 0. The van der Waals surface area contributed by atoms with Crippen LogP contribution in [0.5, 0.6) is 0 Å². The Bertz CT molecular complexity index is 1330. The standard InChI is InChI=1S/C23H19N5OS/c1-16-7-5-10-18-13-19(22-24-25-26-28(22)21(16)18)15-27(14-17-8-3-2-4-9-17)23(29)20-11-6-12-30-20/h2-13H,14-15H2,1H3. The maximum Gasteiger partial charge on any atom is 0.264 e. The summed E-state index contributed by atoms with van der Waals surface area (Å²) in [6, 6.07) is 22.0. The number of thiophene rings is 1. The van der Waals surface area contributed by atoms with Crippen molar-refractivity contribution in [2.75, 3.05) is 0 Å². The Hall–Kier alpha value is -3.58. The van der Waals surface area contributed by atoms with E-state index in [0.717, 1.165) is 32.5 Å². The molecule has 1 amide bonds. The quantitative estimate of drug-likeness (QED) is 0.426. The largest absolute Gasteiger partial charge is 0.329 e. The van der Waals surface area contributed by atoms with Crippen molar-refractivity contribution in [1.29, 1.82) is 0 Å². The summed E-state index contributed by atoms with van der Waals surface area (Å²) in [5.41, 5.74) is 4.76. The summed E-state index contributed by atoms with van der Waals surface area (Å²) in [6.07, 6.45) is 0. The molecule has 148 valence electrons. The molecular formula is C23H19N5OS. The van der Waals surface area contributed by atoms with Crippen LogP contribution in [0, 0.1) is 6.92 Å². The van der Waals surface area contributed by atoms with Gasteiger partial charge in [0.25, 0.3) is 5.91 Å². The van der Waals surface area contributed by atoms with E-state index in [2.05, 4.69) is 27.7 Å². The number of hydrogen-bond acceptors (Lipinski definition) is 5. The zero-order chi connectivity index (χ0) is 20.5. The van der Waals surface area contributed by atoms with Crippen molar-refractivity contribution in [3.8, 4) is 0 Å². The van der Waals surface area contributed by atoms with Gasteiger partial charge in [0.1, 0.15) is 0 Å². The van der Waals surface area contributed by atoms with Crippen molar-refractivity contribution in [1.82, 2.24) is 24.9 Å². The highest BCUT2D eigenvalue weighted by molar-refractivity contribution is 7.12. The van der Waals surface area contributed by atoms with Crippen LogP contribution in [0.15, 0.2) is 72.1 Å². The van der Waals surface area contributed by atoms with Gasteiger partial charge in [-0.15, -0.1) is 16.4 Å². The fourth-order valence-electron chi connectivity index (χ4n) is 3.76. The number of para-hydroxylation sites is 1. The van der Waals surface area contributed by atoms with Gasteiger partial charge in [0.2, 0.25) is 0 Å². The molecule has 5 rings (SSSR count). The number of nitrogens with zero attached hydrogens (tertiary/aromatic N) is 5. The number of hydrogen-bond donors (Lipinski definition) is 0. The number of carbonyl (C=O) groups is 1. The summed E-state index contributed by atoms with van der Waals surface area (Å²) >= 11 is 1.45. The Labute approximate surface area is 177 Å². The summed E-state index contributed by atoms with van der Waals surface area (Å²) in [5, 5.41) is 15.3. The first-order chi connectivity index (χ1) is 14.7. The van der Waals surface area contributed by atoms with Gasteiger partial charge in [0.15, 0.2) is 5.65 Å². The fraction of sp³-hybridized carbons (Fsp3) is 0.130. The smallest absolute Gasteiger partial charge is 0.264 e. The van der Waals surface area contributed by atoms with Gasteiger partial charge in [-0.1, -0.05) is 54.6 Å². The van der Waals surface area contributed by atoms with Crippen molar-refractivity contribution < 1.29 is 4.79 Å². The SMILES string of the molecule is Cc1cccc2cc(CN(Cc3ccccc3)C(=O)c3cccs3)c3nnnn3c12. The van der Waals surface area contributed by atoms with Crippen LogP contribution in [-0.2, 0) is 13.1 Å². The van der Waals surface area contributed by atoms with Crippen LogP contribution in [0.25, 0.3) is 16.6 Å². The van der Waals surface area contributed by atoms with Crippen LogP contribution < -0.4 is 0 Å². The van der Waals surface area contributed by atoms with Gasteiger partial charge in [-0.05, 0) is 46.0 Å². The van der Waals surface area contributed by atoms with Gasteiger partial charge in [0, 0.05) is 17.5 Å². The summed E-state index contributed by atoms with van der Waals surface area (Å²) in [6.45, 7) is 2.97. The number of amides is 1. The molecule has 3 heterocycles. The van der Waals surface area contributed by atoms with Gasteiger partial charge < -0.3 is 4.90 Å². The maximum absolute atomic E-state index is 13.3. The molecule has 7 heteroatoms. The predicted octanol–water partition coefficient (Wildman–Crippen LogP) is 4.49. The second kappa shape index (κ2) is 7.68. The number of pyridine rings is 1. The number of aryl methyl sites for hydroxylation is 1. The molecule has 2 aromatic carbocycles. The number of carbonyl (C=O) groups excluding carboxylic acids is 1. The molecule has 0 bridgehead atoms. The van der Waals surface area contributed by atoms with Gasteiger partial charge in [-0.3, -0.25) is 4.79 Å². The second-order valence-electron chi connectivity index (χ2n) is 7.22. The molecule has 0 spiro atoms. The van der Waals surface area contributed by atoms with E-state index >= 15 is 0 Å². The van der Waals surface area contributed by atoms with Crippen LogP contribution in [-0.4, -0.2) is 30.8 Å². The second-order valence-corrected chi connectivity index (χ2v) is 8.17. The highest BCUT2D eigenvalue weighted by Crippen LogP contribution is 2.24. The minimum Gasteiger partial charge on any atom is -0.329 e. The summed E-state index contributed by atoms with van der Waals surface area (Å²) in [4.78, 5) is 15.9. The zero-order valence-electron chi connectivity index (χ0n) is 16.4. The Morgan fingerprint density at radius 2 is 1.90 bits per heavy atom. The van der Waals surface area contributed by atoms with E-state index in [4.69, 9.17) is 0 Å². The number of fused-ring (bicyclic) bond motifs is 3. The molecule has 5 aromatic rings. The molecule has 0 N–H and O–H groups in total. The van der Waals surface area contributed by atoms with Crippen LogP contribution in [0.3, 0.4) is 0 Å². The number of rotatable bonds is 5. The van der Waals surface area contributed by atoms with Gasteiger partial charge >= 0.3 is 0 Å². The molecule has 30 heavy (non-hydrogen) atoms. The Balaban J connectivity index is 1.59. The Morgan fingerprint density at radius 3 is 2.70 bits per heavy atom. The Kier molecular flexibility index (Phi) is 4.72. The molecular weight excluding hydrogens is 394 g/mol. The number of aromatic nitrogens is 4. The van der Waals surface area contributed by atoms with E-state index in [1.54, 1.807) is 4.52 Å². The lowest BCUT2D eigenvalue weighted by Crippen LogP contribution is -2.29. The number of benzene rings is 2. The van der Waals surface area contributed by atoms with E-state index in [9.17, 15) is 4.79 Å². The molecule has 0 fully saturated rings. The molecule has 0 saturated carbocycles. The van der Waals surface area contributed by atoms with Crippen LogP contribution in [0.4, 0.5) is 0 Å². The maximum atomic E-state index is 13.3. The van der Waals surface area contributed by atoms with Gasteiger partial charge in [-0.2, -0.15) is 4.52 Å². The Morgan fingerprint density at radius 1 is 1.03 bits per heavy atom. The van der Waals surface area contributed by atoms with Crippen molar-refractivity contribution in [3.63, 3.8) is 0 Å². The minimum atomic E-state index is 0.00353. The van der Waals surface area contributed by atoms with Crippen molar-refractivity contribution in [2.24, 2.45) is 0 Å². The zero-order valence-corrected chi connectivity index (χ0v) is 17.2. The van der Waals surface area contributed by atoms with Gasteiger partial charge in [0.05, 0.1) is 16.9 Å². The van der Waals surface area contributed by atoms with E-state index < -0.39 is 0 Å².